The zero-order chi connectivity index (χ0) is 12.3. The number of phenols is 1. The van der Waals surface area contributed by atoms with Gasteiger partial charge < -0.3 is 5.11 Å². The summed E-state index contributed by atoms with van der Waals surface area (Å²) in [6.45, 7) is 4.06. The summed E-state index contributed by atoms with van der Waals surface area (Å²) < 4.78 is 0. The van der Waals surface area contributed by atoms with Crippen molar-refractivity contribution in [2.75, 3.05) is 0 Å². The standard InChI is InChI=1S/C15H13ClO/c1-11(12-5-3-2-4-6-12)9-13-7-8-14(17)10-15(13)16/h2-8,10,17H,1,9H2. The normalized spacial score (nSPS) is 10.2. The molecule has 0 spiro atoms. The zero-order valence-electron chi connectivity index (χ0n) is 9.36. The molecule has 0 unspecified atom stereocenters. The summed E-state index contributed by atoms with van der Waals surface area (Å²) in [6.07, 6.45) is 0.684. The highest BCUT2D eigenvalue weighted by molar-refractivity contribution is 6.31. The van der Waals surface area contributed by atoms with Gasteiger partial charge in [0, 0.05) is 5.02 Å². The minimum absolute atomic E-state index is 0.184. The van der Waals surface area contributed by atoms with Gasteiger partial charge in [-0.2, -0.15) is 0 Å². The Kier molecular flexibility index (Phi) is 3.50. The highest BCUT2D eigenvalue weighted by Gasteiger charge is 2.05. The summed E-state index contributed by atoms with van der Waals surface area (Å²) >= 11 is 6.06. The maximum absolute atomic E-state index is 9.28. The van der Waals surface area contributed by atoms with Crippen LogP contribution in [0, 0.1) is 0 Å². The number of halogens is 1. The molecule has 0 radical (unpaired) electrons. The zero-order valence-corrected chi connectivity index (χ0v) is 10.1. The predicted molar refractivity (Wildman–Crippen MR) is 72.3 cm³/mol. The number of benzene rings is 2. The maximum Gasteiger partial charge on any atom is 0.117 e. The van der Waals surface area contributed by atoms with Crippen LogP contribution < -0.4 is 0 Å². The number of hydrogen-bond donors (Lipinski definition) is 1. The molecule has 0 fully saturated rings. The van der Waals surface area contributed by atoms with Gasteiger partial charge in [0.05, 0.1) is 0 Å². The van der Waals surface area contributed by atoms with Crippen molar-refractivity contribution in [3.05, 3.63) is 71.3 Å². The Morgan fingerprint density at radius 1 is 1.12 bits per heavy atom. The van der Waals surface area contributed by atoms with E-state index in [1.165, 1.54) is 0 Å². The molecule has 0 aliphatic carbocycles. The lowest BCUT2D eigenvalue weighted by molar-refractivity contribution is 0.475. The summed E-state index contributed by atoms with van der Waals surface area (Å²) in [7, 11) is 0. The smallest absolute Gasteiger partial charge is 0.117 e. The molecule has 2 heteroatoms. The number of aromatic hydroxyl groups is 1. The molecule has 0 bridgehead atoms. The Balaban J connectivity index is 2.19. The van der Waals surface area contributed by atoms with E-state index in [0.717, 1.165) is 16.7 Å². The lowest BCUT2D eigenvalue weighted by atomic mass is 10.00. The van der Waals surface area contributed by atoms with Gasteiger partial charge >= 0.3 is 0 Å². The van der Waals surface area contributed by atoms with Gasteiger partial charge in [0.1, 0.15) is 5.75 Å². The van der Waals surface area contributed by atoms with Gasteiger partial charge in [-0.15, -0.1) is 0 Å². The summed E-state index contributed by atoms with van der Waals surface area (Å²) in [5.41, 5.74) is 3.09. The average molecular weight is 245 g/mol. The van der Waals surface area contributed by atoms with Crippen molar-refractivity contribution < 1.29 is 5.11 Å². The molecule has 2 aromatic rings. The van der Waals surface area contributed by atoms with E-state index in [1.54, 1.807) is 12.1 Å². The molecule has 0 aromatic heterocycles. The fourth-order valence-corrected chi connectivity index (χ4v) is 1.93. The van der Waals surface area contributed by atoms with Gasteiger partial charge in [-0.3, -0.25) is 0 Å². The average Bonchev–Trinajstić information content (AvgIpc) is 2.34. The lowest BCUT2D eigenvalue weighted by Gasteiger charge is -2.08. The van der Waals surface area contributed by atoms with Crippen molar-refractivity contribution in [3.63, 3.8) is 0 Å². The van der Waals surface area contributed by atoms with Crippen LogP contribution >= 0.6 is 11.6 Å². The van der Waals surface area contributed by atoms with Crippen molar-refractivity contribution in [2.45, 2.75) is 6.42 Å². The van der Waals surface area contributed by atoms with E-state index in [-0.39, 0.29) is 5.75 Å². The van der Waals surface area contributed by atoms with Gasteiger partial charge in [-0.1, -0.05) is 54.6 Å². The molecule has 1 N–H and O–H groups in total. The quantitative estimate of drug-likeness (QED) is 0.854. The van der Waals surface area contributed by atoms with E-state index in [4.69, 9.17) is 11.6 Å². The Bertz CT molecular complexity index is 532. The first-order valence-electron chi connectivity index (χ1n) is 5.37. The molecule has 2 rings (SSSR count). The van der Waals surface area contributed by atoms with Gasteiger partial charge in [-0.05, 0) is 35.3 Å². The summed E-state index contributed by atoms with van der Waals surface area (Å²) in [6, 6.07) is 15.0. The third kappa shape index (κ3) is 2.89. The minimum atomic E-state index is 0.184. The van der Waals surface area contributed by atoms with Crippen LogP contribution in [0.5, 0.6) is 5.75 Å². The van der Waals surface area contributed by atoms with Crippen LogP contribution in [-0.4, -0.2) is 5.11 Å². The van der Waals surface area contributed by atoms with Crippen LogP contribution in [0.25, 0.3) is 5.57 Å². The van der Waals surface area contributed by atoms with Crippen LogP contribution in [-0.2, 0) is 6.42 Å². The molecular weight excluding hydrogens is 232 g/mol. The van der Waals surface area contributed by atoms with Crippen molar-refractivity contribution >= 4 is 17.2 Å². The van der Waals surface area contributed by atoms with Crippen LogP contribution in [0.4, 0.5) is 0 Å². The molecule has 0 atom stereocenters. The Morgan fingerprint density at radius 2 is 1.82 bits per heavy atom. The molecule has 0 aliphatic heterocycles. The molecule has 0 amide bonds. The van der Waals surface area contributed by atoms with E-state index in [0.29, 0.717) is 11.4 Å². The molecule has 0 aliphatic rings. The second-order valence-corrected chi connectivity index (χ2v) is 4.33. The summed E-state index contributed by atoms with van der Waals surface area (Å²) in [5.74, 6) is 0.184. The van der Waals surface area contributed by atoms with Gasteiger partial charge in [0.25, 0.3) is 0 Å². The maximum atomic E-state index is 9.28. The SMILES string of the molecule is C=C(Cc1ccc(O)cc1Cl)c1ccccc1. The first kappa shape index (κ1) is 11.7. The van der Waals surface area contributed by atoms with E-state index in [1.807, 2.05) is 36.4 Å². The van der Waals surface area contributed by atoms with Gasteiger partial charge in [0.15, 0.2) is 0 Å². The highest BCUT2D eigenvalue weighted by Crippen LogP contribution is 2.26. The fourth-order valence-electron chi connectivity index (χ4n) is 1.69. The third-order valence-corrected chi connectivity index (χ3v) is 2.97. The van der Waals surface area contributed by atoms with Crippen LogP contribution in [0.1, 0.15) is 11.1 Å². The summed E-state index contributed by atoms with van der Waals surface area (Å²) in [5, 5.41) is 9.85. The largest absolute Gasteiger partial charge is 0.508 e. The topological polar surface area (TPSA) is 20.2 Å². The lowest BCUT2D eigenvalue weighted by Crippen LogP contribution is -1.90. The fraction of sp³-hybridized carbons (Fsp3) is 0.0667. The summed E-state index contributed by atoms with van der Waals surface area (Å²) in [4.78, 5) is 0. The molecule has 1 nitrogen and oxygen atoms in total. The Morgan fingerprint density at radius 3 is 2.47 bits per heavy atom. The van der Waals surface area contributed by atoms with Crippen molar-refractivity contribution in [1.82, 2.24) is 0 Å². The molecule has 0 heterocycles. The molecule has 2 aromatic carbocycles. The van der Waals surface area contributed by atoms with E-state index < -0.39 is 0 Å². The van der Waals surface area contributed by atoms with Crippen LogP contribution in [0.3, 0.4) is 0 Å². The molecular formula is C15H13ClO. The third-order valence-electron chi connectivity index (χ3n) is 2.62. The number of phenolic OH excluding ortho intramolecular Hbond substituents is 1. The van der Waals surface area contributed by atoms with Crippen LogP contribution in [0.2, 0.25) is 5.02 Å². The second-order valence-electron chi connectivity index (χ2n) is 3.92. The molecule has 0 saturated heterocycles. The minimum Gasteiger partial charge on any atom is -0.508 e. The predicted octanol–water partition coefficient (Wildman–Crippen LogP) is 4.30. The Hall–Kier alpha value is -1.73. The number of hydrogen-bond acceptors (Lipinski definition) is 1. The first-order chi connectivity index (χ1) is 8.16. The van der Waals surface area contributed by atoms with Crippen LogP contribution in [0.15, 0.2) is 55.1 Å². The van der Waals surface area contributed by atoms with Gasteiger partial charge in [0.2, 0.25) is 0 Å². The van der Waals surface area contributed by atoms with Crippen molar-refractivity contribution in [1.29, 1.82) is 0 Å². The first-order valence-corrected chi connectivity index (χ1v) is 5.75. The van der Waals surface area contributed by atoms with E-state index in [2.05, 4.69) is 6.58 Å². The number of allylic oxidation sites excluding steroid dienone is 1. The molecule has 0 saturated carbocycles. The number of rotatable bonds is 3. The molecule has 86 valence electrons. The second kappa shape index (κ2) is 5.07. The highest BCUT2D eigenvalue weighted by atomic mass is 35.5. The Labute approximate surface area is 106 Å². The van der Waals surface area contributed by atoms with Crippen molar-refractivity contribution in [2.24, 2.45) is 0 Å². The monoisotopic (exact) mass is 244 g/mol. The van der Waals surface area contributed by atoms with Crippen molar-refractivity contribution in [3.8, 4) is 5.75 Å². The molecule has 17 heavy (non-hydrogen) atoms. The van der Waals surface area contributed by atoms with E-state index in [9.17, 15) is 5.11 Å². The van der Waals surface area contributed by atoms with E-state index >= 15 is 0 Å². The van der Waals surface area contributed by atoms with Gasteiger partial charge in [-0.25, -0.2) is 0 Å².